The SMILES string of the molecule is CCNS(=O)(=O)c1ccc2c(c1)N(C(=O)[C@@H](N)CC(C)C)CC2.Cl. The number of anilines is 1. The van der Waals surface area contributed by atoms with Gasteiger partial charge < -0.3 is 10.6 Å². The van der Waals surface area contributed by atoms with E-state index in [4.69, 9.17) is 5.73 Å². The molecule has 1 atom stereocenters. The molecule has 24 heavy (non-hydrogen) atoms. The van der Waals surface area contributed by atoms with Gasteiger partial charge in [-0.25, -0.2) is 13.1 Å². The Hall–Kier alpha value is -1.15. The van der Waals surface area contributed by atoms with Gasteiger partial charge in [0.25, 0.3) is 0 Å². The Morgan fingerprint density at radius 2 is 2.04 bits per heavy atom. The summed E-state index contributed by atoms with van der Waals surface area (Å²) in [6.45, 7) is 6.63. The smallest absolute Gasteiger partial charge is 0.243 e. The number of nitrogens with zero attached hydrogens (tertiary/aromatic N) is 1. The average Bonchev–Trinajstić information content (AvgIpc) is 2.88. The standard InChI is InChI=1S/C16H25N3O3S.ClH/c1-4-18-23(21,22)13-6-5-12-7-8-19(15(12)10-13)16(20)14(17)9-11(2)3;/h5-6,10-11,14,18H,4,7-9,17H2,1-3H3;1H/t14-;/m0./s1. The molecule has 2 rings (SSSR count). The third kappa shape index (κ3) is 4.47. The summed E-state index contributed by atoms with van der Waals surface area (Å²) in [6.07, 6.45) is 1.33. The van der Waals surface area contributed by atoms with Gasteiger partial charge in [0.2, 0.25) is 15.9 Å². The predicted molar refractivity (Wildman–Crippen MR) is 98.0 cm³/mol. The highest BCUT2D eigenvalue weighted by atomic mass is 35.5. The minimum Gasteiger partial charge on any atom is -0.320 e. The number of rotatable bonds is 6. The molecule has 1 aliphatic rings. The number of carbonyl (C=O) groups is 1. The molecule has 0 saturated carbocycles. The number of nitrogens with one attached hydrogen (secondary N) is 1. The first-order valence-electron chi connectivity index (χ1n) is 7.95. The van der Waals surface area contributed by atoms with E-state index >= 15 is 0 Å². The molecule has 1 aliphatic heterocycles. The maximum atomic E-state index is 12.6. The number of sulfonamides is 1. The van der Waals surface area contributed by atoms with E-state index < -0.39 is 16.1 Å². The van der Waals surface area contributed by atoms with Crippen LogP contribution in [0.2, 0.25) is 0 Å². The molecule has 1 aromatic rings. The van der Waals surface area contributed by atoms with Crippen molar-refractivity contribution in [3.63, 3.8) is 0 Å². The lowest BCUT2D eigenvalue weighted by Gasteiger charge is -2.23. The summed E-state index contributed by atoms with van der Waals surface area (Å²) in [4.78, 5) is 14.4. The van der Waals surface area contributed by atoms with Crippen LogP contribution in [0.25, 0.3) is 0 Å². The molecule has 0 fully saturated rings. The van der Waals surface area contributed by atoms with Crippen molar-refractivity contribution in [3.8, 4) is 0 Å². The van der Waals surface area contributed by atoms with E-state index in [1.54, 1.807) is 30.0 Å². The van der Waals surface area contributed by atoms with Crippen molar-refractivity contribution in [2.75, 3.05) is 18.0 Å². The Morgan fingerprint density at radius 1 is 1.38 bits per heavy atom. The minimum absolute atomic E-state index is 0. The second-order valence-corrected chi connectivity index (χ2v) is 8.03. The molecule has 136 valence electrons. The summed E-state index contributed by atoms with van der Waals surface area (Å²) in [5, 5.41) is 0. The highest BCUT2D eigenvalue weighted by molar-refractivity contribution is 7.89. The fourth-order valence-corrected chi connectivity index (χ4v) is 3.90. The van der Waals surface area contributed by atoms with E-state index in [-0.39, 0.29) is 23.2 Å². The molecule has 0 spiro atoms. The van der Waals surface area contributed by atoms with Gasteiger partial charge in [0, 0.05) is 18.8 Å². The normalized spacial score (nSPS) is 15.1. The van der Waals surface area contributed by atoms with E-state index in [9.17, 15) is 13.2 Å². The zero-order chi connectivity index (χ0) is 17.2. The van der Waals surface area contributed by atoms with Crippen molar-refractivity contribution < 1.29 is 13.2 Å². The van der Waals surface area contributed by atoms with Crippen molar-refractivity contribution in [3.05, 3.63) is 23.8 Å². The lowest BCUT2D eigenvalue weighted by Crippen LogP contribution is -2.43. The van der Waals surface area contributed by atoms with E-state index in [1.807, 2.05) is 13.8 Å². The molecular weight excluding hydrogens is 350 g/mol. The first-order valence-corrected chi connectivity index (χ1v) is 9.44. The number of carbonyl (C=O) groups excluding carboxylic acids is 1. The van der Waals surface area contributed by atoms with Gasteiger partial charge in [0.05, 0.1) is 10.9 Å². The number of hydrogen-bond donors (Lipinski definition) is 2. The molecule has 0 bridgehead atoms. The van der Waals surface area contributed by atoms with Gasteiger partial charge in [0.15, 0.2) is 0 Å². The van der Waals surface area contributed by atoms with Gasteiger partial charge in [-0.3, -0.25) is 4.79 Å². The highest BCUT2D eigenvalue weighted by Gasteiger charge is 2.30. The van der Waals surface area contributed by atoms with E-state index in [0.29, 0.717) is 31.1 Å². The quantitative estimate of drug-likeness (QED) is 0.790. The monoisotopic (exact) mass is 375 g/mol. The number of halogens is 1. The van der Waals surface area contributed by atoms with Crippen molar-refractivity contribution in [1.29, 1.82) is 0 Å². The number of nitrogens with two attached hydrogens (primary N) is 1. The fourth-order valence-electron chi connectivity index (χ4n) is 2.84. The molecule has 6 nitrogen and oxygen atoms in total. The zero-order valence-electron chi connectivity index (χ0n) is 14.3. The van der Waals surface area contributed by atoms with Gasteiger partial charge in [-0.2, -0.15) is 0 Å². The summed E-state index contributed by atoms with van der Waals surface area (Å²) >= 11 is 0. The first kappa shape index (κ1) is 20.9. The van der Waals surface area contributed by atoms with Crippen molar-refractivity contribution in [1.82, 2.24) is 4.72 Å². The summed E-state index contributed by atoms with van der Waals surface area (Å²) in [5.74, 6) is 0.187. The van der Waals surface area contributed by atoms with E-state index in [2.05, 4.69) is 4.72 Å². The van der Waals surface area contributed by atoms with Gasteiger partial charge in [-0.1, -0.05) is 26.8 Å². The number of hydrogen-bond acceptors (Lipinski definition) is 4. The highest BCUT2D eigenvalue weighted by Crippen LogP contribution is 2.31. The van der Waals surface area contributed by atoms with Crippen LogP contribution in [-0.2, 0) is 21.2 Å². The van der Waals surface area contributed by atoms with Crippen molar-refractivity contribution in [2.24, 2.45) is 11.7 Å². The largest absolute Gasteiger partial charge is 0.320 e. The Bertz CT molecular complexity index is 692. The van der Waals surface area contributed by atoms with Crippen LogP contribution in [0, 0.1) is 5.92 Å². The lowest BCUT2D eigenvalue weighted by atomic mass is 10.0. The maximum Gasteiger partial charge on any atom is 0.243 e. The molecule has 1 aromatic carbocycles. The molecule has 1 heterocycles. The summed E-state index contributed by atoms with van der Waals surface area (Å²) in [6, 6.07) is 4.37. The second kappa shape index (κ2) is 8.29. The minimum atomic E-state index is -3.54. The van der Waals surface area contributed by atoms with Crippen LogP contribution >= 0.6 is 12.4 Å². The van der Waals surface area contributed by atoms with E-state index in [1.165, 1.54) is 0 Å². The Kier molecular flexibility index (Phi) is 7.22. The predicted octanol–water partition coefficient (Wildman–Crippen LogP) is 1.67. The topological polar surface area (TPSA) is 92.5 Å². The third-order valence-electron chi connectivity index (χ3n) is 3.91. The number of amides is 1. The van der Waals surface area contributed by atoms with Gasteiger partial charge >= 0.3 is 0 Å². The number of benzene rings is 1. The Morgan fingerprint density at radius 3 is 2.62 bits per heavy atom. The molecule has 3 N–H and O–H groups in total. The van der Waals surface area contributed by atoms with Gasteiger partial charge in [0.1, 0.15) is 0 Å². The molecule has 0 saturated heterocycles. The summed E-state index contributed by atoms with van der Waals surface area (Å²) in [7, 11) is -3.54. The van der Waals surface area contributed by atoms with Crippen LogP contribution in [0.5, 0.6) is 0 Å². The van der Waals surface area contributed by atoms with Crippen LogP contribution < -0.4 is 15.4 Å². The number of fused-ring (bicyclic) bond motifs is 1. The summed E-state index contributed by atoms with van der Waals surface area (Å²) in [5.41, 5.74) is 7.64. The Balaban J connectivity index is 0.00000288. The lowest BCUT2D eigenvalue weighted by molar-refractivity contribution is -0.120. The van der Waals surface area contributed by atoms with Crippen LogP contribution in [0.1, 0.15) is 32.8 Å². The molecule has 0 aromatic heterocycles. The van der Waals surface area contributed by atoms with Crippen LogP contribution in [0.15, 0.2) is 23.1 Å². The molecule has 1 amide bonds. The van der Waals surface area contributed by atoms with E-state index in [0.717, 1.165) is 12.0 Å². The van der Waals surface area contributed by atoms with Gasteiger partial charge in [-0.15, -0.1) is 12.4 Å². The Labute approximate surface area is 150 Å². The molecular formula is C16H26ClN3O3S. The van der Waals surface area contributed by atoms with Gasteiger partial charge in [-0.05, 0) is 36.5 Å². The van der Waals surface area contributed by atoms with Crippen LogP contribution in [0.3, 0.4) is 0 Å². The molecule has 0 aliphatic carbocycles. The summed E-state index contributed by atoms with van der Waals surface area (Å²) < 4.78 is 26.8. The zero-order valence-corrected chi connectivity index (χ0v) is 15.9. The van der Waals surface area contributed by atoms with Crippen molar-refractivity contribution in [2.45, 2.75) is 44.6 Å². The average molecular weight is 376 g/mol. The molecule has 0 unspecified atom stereocenters. The van der Waals surface area contributed by atoms with Crippen LogP contribution in [-0.4, -0.2) is 33.5 Å². The molecule has 0 radical (unpaired) electrons. The maximum absolute atomic E-state index is 12.6. The third-order valence-corrected chi connectivity index (χ3v) is 5.45. The first-order chi connectivity index (χ1) is 10.8. The van der Waals surface area contributed by atoms with Crippen LogP contribution in [0.4, 0.5) is 5.69 Å². The molecule has 8 heteroatoms. The van der Waals surface area contributed by atoms with Crippen molar-refractivity contribution >= 4 is 34.0 Å². The fraction of sp³-hybridized carbons (Fsp3) is 0.562. The second-order valence-electron chi connectivity index (χ2n) is 6.27.